The Hall–Kier alpha value is -1.96. The summed E-state index contributed by atoms with van der Waals surface area (Å²) in [7, 11) is 1.50. The van der Waals surface area contributed by atoms with Crippen molar-refractivity contribution in [2.75, 3.05) is 26.8 Å². The van der Waals surface area contributed by atoms with Crippen LogP contribution in [0.15, 0.2) is 4.52 Å². The molecule has 8 heteroatoms. The van der Waals surface area contributed by atoms with Crippen molar-refractivity contribution in [2.24, 2.45) is 0 Å². The molecule has 1 heterocycles. The van der Waals surface area contributed by atoms with Gasteiger partial charge in [-0.1, -0.05) is 12.1 Å². The minimum atomic E-state index is -1.05. The van der Waals surface area contributed by atoms with Crippen LogP contribution in [0.1, 0.15) is 31.5 Å². The SMILES string of the molecule is CCCc1noc(CCC(=O)N(CCOC)CC(=O)O)n1. The van der Waals surface area contributed by atoms with E-state index in [1.807, 2.05) is 6.92 Å². The van der Waals surface area contributed by atoms with Crippen LogP contribution in [0.3, 0.4) is 0 Å². The summed E-state index contributed by atoms with van der Waals surface area (Å²) in [5.74, 6) is -0.303. The second kappa shape index (κ2) is 9.06. The molecule has 0 fully saturated rings. The van der Waals surface area contributed by atoms with Crippen molar-refractivity contribution in [1.82, 2.24) is 15.0 Å². The lowest BCUT2D eigenvalue weighted by Gasteiger charge is -2.19. The van der Waals surface area contributed by atoms with Crippen LogP contribution in [0.2, 0.25) is 0 Å². The zero-order valence-electron chi connectivity index (χ0n) is 12.4. The molecule has 1 amide bonds. The number of carbonyl (C=O) groups excluding carboxylic acids is 1. The van der Waals surface area contributed by atoms with E-state index < -0.39 is 5.97 Å². The number of methoxy groups -OCH3 is 1. The number of hydrogen-bond acceptors (Lipinski definition) is 6. The van der Waals surface area contributed by atoms with Gasteiger partial charge in [0.25, 0.3) is 0 Å². The van der Waals surface area contributed by atoms with Gasteiger partial charge in [-0.2, -0.15) is 4.98 Å². The average Bonchev–Trinajstić information content (AvgIpc) is 2.88. The van der Waals surface area contributed by atoms with Crippen LogP contribution in [0.5, 0.6) is 0 Å². The number of carboxylic acid groups (broad SMARTS) is 1. The molecule has 0 saturated heterocycles. The zero-order chi connectivity index (χ0) is 15.7. The number of nitrogens with zero attached hydrogens (tertiary/aromatic N) is 3. The highest BCUT2D eigenvalue weighted by Gasteiger charge is 2.17. The first-order valence-corrected chi connectivity index (χ1v) is 6.86. The Balaban J connectivity index is 2.49. The van der Waals surface area contributed by atoms with Gasteiger partial charge in [-0.15, -0.1) is 0 Å². The van der Waals surface area contributed by atoms with Gasteiger partial charge in [0.2, 0.25) is 11.8 Å². The topological polar surface area (TPSA) is 106 Å². The highest BCUT2D eigenvalue weighted by Crippen LogP contribution is 2.05. The lowest BCUT2D eigenvalue weighted by molar-refractivity contribution is -0.144. The second-order valence-corrected chi connectivity index (χ2v) is 4.56. The Morgan fingerprint density at radius 3 is 2.76 bits per heavy atom. The molecular formula is C13H21N3O5. The van der Waals surface area contributed by atoms with Gasteiger partial charge < -0.3 is 19.3 Å². The molecule has 0 bridgehead atoms. The maximum absolute atomic E-state index is 12.0. The summed E-state index contributed by atoms with van der Waals surface area (Å²) in [6.07, 6.45) is 2.08. The fourth-order valence-electron chi connectivity index (χ4n) is 1.75. The Kier molecular flexibility index (Phi) is 7.38. The monoisotopic (exact) mass is 299 g/mol. The molecule has 0 atom stereocenters. The summed E-state index contributed by atoms with van der Waals surface area (Å²) in [5.41, 5.74) is 0. The molecule has 0 aliphatic carbocycles. The Labute approximate surface area is 123 Å². The van der Waals surface area contributed by atoms with Gasteiger partial charge in [-0.3, -0.25) is 9.59 Å². The van der Waals surface area contributed by atoms with E-state index in [1.165, 1.54) is 12.0 Å². The molecule has 0 spiro atoms. The molecule has 0 unspecified atom stereocenters. The van der Waals surface area contributed by atoms with Crippen LogP contribution in [0.4, 0.5) is 0 Å². The van der Waals surface area contributed by atoms with Gasteiger partial charge >= 0.3 is 5.97 Å². The highest BCUT2D eigenvalue weighted by atomic mass is 16.5. The Morgan fingerprint density at radius 2 is 2.14 bits per heavy atom. The van der Waals surface area contributed by atoms with Crippen molar-refractivity contribution in [3.63, 3.8) is 0 Å². The van der Waals surface area contributed by atoms with E-state index in [1.54, 1.807) is 0 Å². The van der Waals surface area contributed by atoms with Crippen molar-refractivity contribution in [1.29, 1.82) is 0 Å². The number of aromatic nitrogens is 2. The second-order valence-electron chi connectivity index (χ2n) is 4.56. The quantitative estimate of drug-likeness (QED) is 0.671. The third kappa shape index (κ3) is 6.35. The normalized spacial score (nSPS) is 10.6. The first-order valence-electron chi connectivity index (χ1n) is 6.86. The molecule has 0 aliphatic heterocycles. The van der Waals surface area contributed by atoms with Crippen molar-refractivity contribution in [3.8, 4) is 0 Å². The highest BCUT2D eigenvalue weighted by molar-refractivity contribution is 5.81. The van der Waals surface area contributed by atoms with E-state index in [9.17, 15) is 9.59 Å². The number of carboxylic acids is 1. The molecule has 8 nitrogen and oxygen atoms in total. The standard InChI is InChI=1S/C13H21N3O5/c1-3-4-10-14-11(21-15-10)5-6-12(17)16(7-8-20-2)9-13(18)19/h3-9H2,1-2H3,(H,18,19). The van der Waals surface area contributed by atoms with Crippen LogP contribution < -0.4 is 0 Å². The predicted octanol–water partition coefficient (Wildman–Crippen LogP) is 0.514. The van der Waals surface area contributed by atoms with E-state index in [2.05, 4.69) is 10.1 Å². The van der Waals surface area contributed by atoms with E-state index in [0.29, 0.717) is 24.7 Å². The first kappa shape index (κ1) is 17.1. The molecule has 1 rings (SSSR count). The average molecular weight is 299 g/mol. The molecule has 21 heavy (non-hydrogen) atoms. The van der Waals surface area contributed by atoms with Crippen LogP contribution in [0, 0.1) is 0 Å². The maximum atomic E-state index is 12.0. The fraction of sp³-hybridized carbons (Fsp3) is 0.692. The third-order valence-electron chi connectivity index (χ3n) is 2.78. The largest absolute Gasteiger partial charge is 0.480 e. The van der Waals surface area contributed by atoms with Gasteiger partial charge in [-0.25, -0.2) is 0 Å². The lowest BCUT2D eigenvalue weighted by Crippen LogP contribution is -2.38. The van der Waals surface area contributed by atoms with Crippen molar-refractivity contribution in [3.05, 3.63) is 11.7 Å². The summed E-state index contributed by atoms with van der Waals surface area (Å²) >= 11 is 0. The van der Waals surface area contributed by atoms with Crippen molar-refractivity contribution < 1.29 is 24.0 Å². The minimum absolute atomic E-state index is 0.130. The molecular weight excluding hydrogens is 278 g/mol. The van der Waals surface area contributed by atoms with E-state index in [-0.39, 0.29) is 25.4 Å². The van der Waals surface area contributed by atoms with Gasteiger partial charge in [0, 0.05) is 32.9 Å². The number of hydrogen-bond donors (Lipinski definition) is 1. The summed E-state index contributed by atoms with van der Waals surface area (Å²) in [5, 5.41) is 12.6. The van der Waals surface area contributed by atoms with Gasteiger partial charge in [0.05, 0.1) is 6.61 Å². The molecule has 0 saturated carbocycles. The minimum Gasteiger partial charge on any atom is -0.480 e. The predicted molar refractivity (Wildman–Crippen MR) is 72.7 cm³/mol. The van der Waals surface area contributed by atoms with Gasteiger partial charge in [-0.05, 0) is 6.42 Å². The van der Waals surface area contributed by atoms with E-state index >= 15 is 0 Å². The molecule has 0 aliphatic rings. The summed E-state index contributed by atoms with van der Waals surface area (Å²) in [6.45, 7) is 2.21. The third-order valence-corrected chi connectivity index (χ3v) is 2.78. The Bertz CT molecular complexity index is 460. The molecule has 118 valence electrons. The van der Waals surface area contributed by atoms with E-state index in [4.69, 9.17) is 14.4 Å². The van der Waals surface area contributed by atoms with Crippen molar-refractivity contribution in [2.45, 2.75) is 32.6 Å². The fourth-order valence-corrected chi connectivity index (χ4v) is 1.75. The first-order chi connectivity index (χ1) is 10.1. The number of ether oxygens (including phenoxy) is 1. The number of aliphatic carboxylic acids is 1. The molecule has 1 aromatic heterocycles. The smallest absolute Gasteiger partial charge is 0.323 e. The van der Waals surface area contributed by atoms with Gasteiger partial charge in [0.15, 0.2) is 5.82 Å². The molecule has 1 aromatic rings. The number of amides is 1. The number of carbonyl (C=O) groups is 2. The van der Waals surface area contributed by atoms with Crippen molar-refractivity contribution >= 4 is 11.9 Å². The molecule has 1 N–H and O–H groups in total. The molecule has 0 aromatic carbocycles. The molecule has 0 radical (unpaired) electrons. The van der Waals surface area contributed by atoms with Crippen LogP contribution in [0.25, 0.3) is 0 Å². The van der Waals surface area contributed by atoms with Crippen LogP contribution >= 0.6 is 0 Å². The summed E-state index contributed by atoms with van der Waals surface area (Å²) in [6, 6.07) is 0. The Morgan fingerprint density at radius 1 is 1.38 bits per heavy atom. The maximum Gasteiger partial charge on any atom is 0.323 e. The van der Waals surface area contributed by atoms with Gasteiger partial charge in [0.1, 0.15) is 6.54 Å². The summed E-state index contributed by atoms with van der Waals surface area (Å²) < 4.78 is 9.91. The van der Waals surface area contributed by atoms with E-state index in [0.717, 1.165) is 12.8 Å². The van der Waals surface area contributed by atoms with Crippen LogP contribution in [-0.4, -0.2) is 58.8 Å². The number of aryl methyl sites for hydroxylation is 2. The summed E-state index contributed by atoms with van der Waals surface area (Å²) in [4.78, 5) is 28.2. The lowest BCUT2D eigenvalue weighted by atomic mass is 10.2. The van der Waals surface area contributed by atoms with Crippen LogP contribution in [-0.2, 0) is 27.2 Å². The number of rotatable bonds is 10. The zero-order valence-corrected chi connectivity index (χ0v) is 12.4.